The van der Waals surface area contributed by atoms with Crippen LogP contribution >= 0.6 is 12.6 Å². The van der Waals surface area contributed by atoms with Crippen LogP contribution in [0.2, 0.25) is 0 Å². The Hall–Kier alpha value is -1.00. The molecule has 1 aromatic rings. The molecule has 4 heteroatoms. The standard InChI is InChI=1S/C12H18N2OS/c1-14(2)11(12(15)13-8-9-16)10-6-4-3-5-7-10/h3-7,11,16H,8-9H2,1-2H3,(H,13,15). The highest BCUT2D eigenvalue weighted by Gasteiger charge is 2.21. The van der Waals surface area contributed by atoms with Gasteiger partial charge in [-0.25, -0.2) is 0 Å². The van der Waals surface area contributed by atoms with E-state index >= 15 is 0 Å². The molecule has 1 rings (SSSR count). The lowest BCUT2D eigenvalue weighted by Gasteiger charge is -2.23. The predicted molar refractivity (Wildman–Crippen MR) is 69.7 cm³/mol. The number of hydrogen-bond acceptors (Lipinski definition) is 3. The minimum atomic E-state index is -0.235. The Bertz CT molecular complexity index is 327. The largest absolute Gasteiger partial charge is 0.354 e. The van der Waals surface area contributed by atoms with Crippen LogP contribution in [0.15, 0.2) is 30.3 Å². The molecule has 0 aromatic heterocycles. The number of carbonyl (C=O) groups excluding carboxylic acids is 1. The molecule has 1 unspecified atom stereocenters. The Morgan fingerprint density at radius 2 is 2.00 bits per heavy atom. The van der Waals surface area contributed by atoms with E-state index in [-0.39, 0.29) is 11.9 Å². The number of hydrogen-bond donors (Lipinski definition) is 2. The summed E-state index contributed by atoms with van der Waals surface area (Å²) in [6.07, 6.45) is 0. The van der Waals surface area contributed by atoms with Gasteiger partial charge in [-0.1, -0.05) is 30.3 Å². The molecule has 0 bridgehead atoms. The number of amides is 1. The first kappa shape index (κ1) is 13.1. The van der Waals surface area contributed by atoms with Gasteiger partial charge >= 0.3 is 0 Å². The molecule has 1 amide bonds. The molecule has 3 nitrogen and oxygen atoms in total. The maximum Gasteiger partial charge on any atom is 0.241 e. The van der Waals surface area contributed by atoms with Gasteiger partial charge in [0.2, 0.25) is 5.91 Å². The van der Waals surface area contributed by atoms with Gasteiger partial charge in [0.05, 0.1) is 0 Å². The topological polar surface area (TPSA) is 32.3 Å². The van der Waals surface area contributed by atoms with E-state index in [4.69, 9.17) is 0 Å². The fourth-order valence-electron chi connectivity index (χ4n) is 1.60. The molecule has 0 fully saturated rings. The van der Waals surface area contributed by atoms with Crippen LogP contribution in [-0.4, -0.2) is 37.2 Å². The number of nitrogens with zero attached hydrogens (tertiary/aromatic N) is 1. The van der Waals surface area contributed by atoms with Crippen LogP contribution in [0.5, 0.6) is 0 Å². The second kappa shape index (κ2) is 6.55. The third kappa shape index (κ3) is 3.54. The highest BCUT2D eigenvalue weighted by Crippen LogP contribution is 2.17. The monoisotopic (exact) mass is 238 g/mol. The van der Waals surface area contributed by atoms with Crippen LogP contribution in [-0.2, 0) is 4.79 Å². The zero-order valence-corrected chi connectivity index (χ0v) is 10.6. The average molecular weight is 238 g/mol. The van der Waals surface area contributed by atoms with Crippen LogP contribution in [0.4, 0.5) is 0 Å². The van der Waals surface area contributed by atoms with Crippen molar-refractivity contribution < 1.29 is 4.79 Å². The zero-order valence-electron chi connectivity index (χ0n) is 9.68. The first-order valence-corrected chi connectivity index (χ1v) is 5.90. The lowest BCUT2D eigenvalue weighted by molar-refractivity contribution is -0.125. The van der Waals surface area contributed by atoms with Crippen LogP contribution in [0.3, 0.4) is 0 Å². The van der Waals surface area contributed by atoms with Crippen LogP contribution in [0.1, 0.15) is 11.6 Å². The van der Waals surface area contributed by atoms with E-state index < -0.39 is 0 Å². The lowest BCUT2D eigenvalue weighted by atomic mass is 10.1. The van der Waals surface area contributed by atoms with Crippen molar-refractivity contribution in [3.63, 3.8) is 0 Å². The summed E-state index contributed by atoms with van der Waals surface area (Å²) in [5, 5.41) is 2.86. The fourth-order valence-corrected chi connectivity index (χ4v) is 1.71. The summed E-state index contributed by atoms with van der Waals surface area (Å²) in [7, 11) is 3.80. The summed E-state index contributed by atoms with van der Waals surface area (Å²) in [4.78, 5) is 13.9. The van der Waals surface area contributed by atoms with Crippen LogP contribution in [0.25, 0.3) is 0 Å². The SMILES string of the molecule is CN(C)C(C(=O)NCCS)c1ccccc1. The molecular weight excluding hydrogens is 220 g/mol. The van der Waals surface area contributed by atoms with Crippen molar-refractivity contribution in [3.8, 4) is 0 Å². The minimum absolute atomic E-state index is 0.0188. The highest BCUT2D eigenvalue weighted by molar-refractivity contribution is 7.80. The molecule has 1 atom stereocenters. The van der Waals surface area contributed by atoms with E-state index in [1.54, 1.807) is 0 Å². The Kier molecular flexibility index (Phi) is 5.35. The maximum absolute atomic E-state index is 12.0. The summed E-state index contributed by atoms with van der Waals surface area (Å²) in [6.45, 7) is 0.596. The molecule has 1 aromatic carbocycles. The Labute approximate surface area is 102 Å². The molecule has 1 N–H and O–H groups in total. The van der Waals surface area contributed by atoms with E-state index in [9.17, 15) is 4.79 Å². The van der Waals surface area contributed by atoms with Gasteiger partial charge in [0.15, 0.2) is 0 Å². The van der Waals surface area contributed by atoms with Crippen molar-refractivity contribution in [1.29, 1.82) is 0 Å². The molecule has 0 aliphatic heterocycles. The third-order valence-electron chi connectivity index (χ3n) is 2.29. The quantitative estimate of drug-likeness (QED) is 0.759. The predicted octanol–water partition coefficient (Wildman–Crippen LogP) is 1.34. The van der Waals surface area contributed by atoms with E-state index in [0.717, 1.165) is 5.56 Å². The number of rotatable bonds is 5. The van der Waals surface area contributed by atoms with Crippen LogP contribution in [0, 0.1) is 0 Å². The first-order chi connectivity index (χ1) is 7.66. The molecule has 0 spiro atoms. The second-order valence-corrected chi connectivity index (χ2v) is 4.24. The molecule has 16 heavy (non-hydrogen) atoms. The summed E-state index contributed by atoms with van der Waals surface area (Å²) >= 11 is 4.07. The lowest BCUT2D eigenvalue weighted by Crippen LogP contribution is -2.37. The molecule has 0 radical (unpaired) electrons. The number of benzene rings is 1. The molecule has 0 saturated carbocycles. The summed E-state index contributed by atoms with van der Waals surface area (Å²) in [6, 6.07) is 9.52. The van der Waals surface area contributed by atoms with Gasteiger partial charge < -0.3 is 5.32 Å². The number of likely N-dealkylation sites (N-methyl/N-ethyl adjacent to an activating group) is 1. The van der Waals surface area contributed by atoms with Gasteiger partial charge in [-0.2, -0.15) is 12.6 Å². The molecule has 0 aliphatic rings. The molecule has 88 valence electrons. The smallest absolute Gasteiger partial charge is 0.241 e. The van der Waals surface area contributed by atoms with Gasteiger partial charge in [0.1, 0.15) is 6.04 Å². The summed E-state index contributed by atoms with van der Waals surface area (Å²) in [5.74, 6) is 0.672. The molecule has 0 saturated heterocycles. The maximum atomic E-state index is 12.0. The van der Waals surface area contributed by atoms with E-state index in [1.807, 2.05) is 49.3 Å². The van der Waals surface area contributed by atoms with Crippen LogP contribution < -0.4 is 5.32 Å². The van der Waals surface area contributed by atoms with Gasteiger partial charge in [-0.3, -0.25) is 9.69 Å². The Morgan fingerprint density at radius 1 is 1.38 bits per heavy atom. The van der Waals surface area contributed by atoms with E-state index in [0.29, 0.717) is 12.3 Å². The minimum Gasteiger partial charge on any atom is -0.354 e. The van der Waals surface area contributed by atoms with Gasteiger partial charge in [-0.05, 0) is 19.7 Å². The van der Waals surface area contributed by atoms with E-state index in [1.165, 1.54) is 0 Å². The Balaban J connectivity index is 2.79. The van der Waals surface area contributed by atoms with Crippen molar-refractivity contribution >= 4 is 18.5 Å². The van der Waals surface area contributed by atoms with Gasteiger partial charge in [0.25, 0.3) is 0 Å². The zero-order chi connectivity index (χ0) is 12.0. The van der Waals surface area contributed by atoms with Crippen molar-refractivity contribution in [2.45, 2.75) is 6.04 Å². The average Bonchev–Trinajstić information content (AvgIpc) is 2.27. The van der Waals surface area contributed by atoms with Gasteiger partial charge in [0, 0.05) is 12.3 Å². The third-order valence-corrected chi connectivity index (χ3v) is 2.51. The van der Waals surface area contributed by atoms with Gasteiger partial charge in [-0.15, -0.1) is 0 Å². The second-order valence-electron chi connectivity index (χ2n) is 3.79. The normalized spacial score (nSPS) is 12.5. The highest BCUT2D eigenvalue weighted by atomic mass is 32.1. The molecule has 0 aliphatic carbocycles. The number of nitrogens with one attached hydrogen (secondary N) is 1. The summed E-state index contributed by atoms with van der Waals surface area (Å²) < 4.78 is 0. The van der Waals surface area contributed by atoms with E-state index in [2.05, 4.69) is 17.9 Å². The van der Waals surface area contributed by atoms with Crippen molar-refractivity contribution in [1.82, 2.24) is 10.2 Å². The fraction of sp³-hybridized carbons (Fsp3) is 0.417. The van der Waals surface area contributed by atoms with Crippen molar-refractivity contribution in [2.24, 2.45) is 0 Å². The molecular formula is C12H18N2OS. The number of carbonyl (C=O) groups is 1. The number of thiol groups is 1. The summed E-state index contributed by atoms with van der Waals surface area (Å²) in [5.41, 5.74) is 1.00. The Morgan fingerprint density at radius 3 is 2.50 bits per heavy atom. The van der Waals surface area contributed by atoms with Crippen molar-refractivity contribution in [2.75, 3.05) is 26.4 Å². The van der Waals surface area contributed by atoms with Crippen molar-refractivity contribution in [3.05, 3.63) is 35.9 Å². The first-order valence-electron chi connectivity index (χ1n) is 5.26. The molecule has 0 heterocycles.